The van der Waals surface area contributed by atoms with Crippen molar-refractivity contribution >= 4 is 28.6 Å². The summed E-state index contributed by atoms with van der Waals surface area (Å²) in [4.78, 5) is 17.4. The molecule has 0 spiro atoms. The van der Waals surface area contributed by atoms with Crippen molar-refractivity contribution in [3.05, 3.63) is 63.0 Å². The van der Waals surface area contributed by atoms with E-state index in [0.717, 1.165) is 15.4 Å². The molecule has 7 heteroatoms. The molecule has 0 fully saturated rings. The second kappa shape index (κ2) is 6.33. The van der Waals surface area contributed by atoms with Crippen LogP contribution in [-0.2, 0) is 23.3 Å². The number of nitrogens with one attached hydrogen (secondary N) is 1. The number of nitrogens with zero attached hydrogens (tertiary/aromatic N) is 1. The number of thiazole rings is 1. The highest BCUT2D eigenvalue weighted by Crippen LogP contribution is 2.39. The van der Waals surface area contributed by atoms with Crippen molar-refractivity contribution in [3.8, 4) is 10.6 Å². The average molecular weight is 374 g/mol. The lowest BCUT2D eigenvalue weighted by atomic mass is 9.91. The van der Waals surface area contributed by atoms with Crippen molar-refractivity contribution in [1.29, 1.82) is 0 Å². The van der Waals surface area contributed by atoms with Crippen LogP contribution in [0.2, 0.25) is 0 Å². The summed E-state index contributed by atoms with van der Waals surface area (Å²) in [5.41, 5.74) is 0.856. The molecule has 1 unspecified atom stereocenters. The van der Waals surface area contributed by atoms with E-state index in [2.05, 4.69) is 10.3 Å². The Kier molecular flexibility index (Phi) is 4.15. The van der Waals surface area contributed by atoms with Crippen molar-refractivity contribution in [2.45, 2.75) is 24.9 Å². The maximum atomic E-state index is 14.0. The zero-order valence-corrected chi connectivity index (χ0v) is 14.8. The Hall–Kier alpha value is -2.09. The van der Waals surface area contributed by atoms with E-state index in [9.17, 15) is 14.3 Å². The smallest absolute Gasteiger partial charge is 0.328 e. The minimum absolute atomic E-state index is 0.333. The van der Waals surface area contributed by atoms with Crippen molar-refractivity contribution in [3.63, 3.8) is 0 Å². The van der Waals surface area contributed by atoms with Gasteiger partial charge in [0.2, 0.25) is 0 Å². The number of rotatable bonds is 5. The molecule has 0 aliphatic heterocycles. The molecule has 2 N–H and O–H groups in total. The molecule has 3 aromatic rings. The Balaban J connectivity index is 1.59. The van der Waals surface area contributed by atoms with E-state index < -0.39 is 11.5 Å². The van der Waals surface area contributed by atoms with Crippen LogP contribution in [0.1, 0.15) is 22.4 Å². The molecule has 128 valence electrons. The number of carboxylic acid groups (broad SMARTS) is 1. The van der Waals surface area contributed by atoms with E-state index in [1.165, 1.54) is 17.4 Å². The molecular formula is C18H15FN2O2S2. The maximum Gasteiger partial charge on any atom is 0.328 e. The van der Waals surface area contributed by atoms with Gasteiger partial charge in [-0.05, 0) is 41.5 Å². The normalized spacial score (nSPS) is 19.1. The largest absolute Gasteiger partial charge is 0.480 e. The van der Waals surface area contributed by atoms with E-state index in [1.54, 1.807) is 29.7 Å². The molecule has 0 saturated heterocycles. The van der Waals surface area contributed by atoms with Crippen LogP contribution in [-0.4, -0.2) is 16.1 Å². The zero-order valence-electron chi connectivity index (χ0n) is 13.2. The summed E-state index contributed by atoms with van der Waals surface area (Å²) in [7, 11) is 0. The van der Waals surface area contributed by atoms with Crippen LogP contribution in [0.3, 0.4) is 0 Å². The van der Waals surface area contributed by atoms with Gasteiger partial charge in [-0.1, -0.05) is 12.1 Å². The van der Waals surface area contributed by atoms with Gasteiger partial charge in [-0.3, -0.25) is 5.32 Å². The number of carboxylic acids is 1. The SMILES string of the molecule is O=C(O)C1(NCc2cnc(-c3ccsc3)s2)CCc2c(F)cccc21. The van der Waals surface area contributed by atoms with Crippen LogP contribution >= 0.6 is 22.7 Å². The van der Waals surface area contributed by atoms with Gasteiger partial charge in [-0.25, -0.2) is 14.2 Å². The van der Waals surface area contributed by atoms with E-state index in [4.69, 9.17) is 0 Å². The highest BCUT2D eigenvalue weighted by atomic mass is 32.1. The van der Waals surface area contributed by atoms with Crippen LogP contribution in [0.15, 0.2) is 41.2 Å². The minimum Gasteiger partial charge on any atom is -0.480 e. The third kappa shape index (κ3) is 2.78. The molecule has 0 amide bonds. The lowest BCUT2D eigenvalue weighted by molar-refractivity contribution is -0.145. The molecule has 1 aliphatic rings. The van der Waals surface area contributed by atoms with Gasteiger partial charge in [0.25, 0.3) is 0 Å². The van der Waals surface area contributed by atoms with Gasteiger partial charge in [-0.2, -0.15) is 11.3 Å². The van der Waals surface area contributed by atoms with Crippen molar-refractivity contribution in [2.24, 2.45) is 0 Å². The molecular weight excluding hydrogens is 359 g/mol. The number of hydrogen-bond donors (Lipinski definition) is 2. The monoisotopic (exact) mass is 374 g/mol. The predicted molar refractivity (Wildman–Crippen MR) is 96.3 cm³/mol. The standard InChI is InChI=1S/C18H15FN2O2S2/c19-15-3-1-2-14-13(15)4-6-18(14,17(22)23)21-9-12-8-20-16(25-12)11-5-7-24-10-11/h1-3,5,7-8,10,21H,4,6,9H2,(H,22,23). The quantitative estimate of drug-likeness (QED) is 0.708. The fourth-order valence-electron chi connectivity index (χ4n) is 3.29. The second-order valence-electron chi connectivity index (χ2n) is 5.97. The van der Waals surface area contributed by atoms with Crippen LogP contribution in [0.25, 0.3) is 10.6 Å². The first-order valence-electron chi connectivity index (χ1n) is 7.84. The summed E-state index contributed by atoms with van der Waals surface area (Å²) < 4.78 is 14.0. The van der Waals surface area contributed by atoms with E-state index in [0.29, 0.717) is 30.5 Å². The number of thiophene rings is 1. The van der Waals surface area contributed by atoms with Crippen LogP contribution in [0, 0.1) is 5.82 Å². The van der Waals surface area contributed by atoms with Crippen LogP contribution in [0.4, 0.5) is 4.39 Å². The third-order valence-electron chi connectivity index (χ3n) is 4.58. The molecule has 0 radical (unpaired) electrons. The summed E-state index contributed by atoms with van der Waals surface area (Å²) in [5, 5.41) is 17.9. The number of hydrogen-bond acceptors (Lipinski definition) is 5. The Morgan fingerprint density at radius 3 is 3.04 bits per heavy atom. The first-order valence-corrected chi connectivity index (χ1v) is 9.60. The summed E-state index contributed by atoms with van der Waals surface area (Å²) in [6, 6.07) is 6.67. The molecule has 4 nitrogen and oxygen atoms in total. The van der Waals surface area contributed by atoms with Gasteiger partial charge in [0.15, 0.2) is 0 Å². The first kappa shape index (κ1) is 16.4. The van der Waals surface area contributed by atoms with Gasteiger partial charge in [0.05, 0.1) is 0 Å². The maximum absolute atomic E-state index is 14.0. The van der Waals surface area contributed by atoms with Crippen LogP contribution < -0.4 is 5.32 Å². The Bertz CT molecular complexity index is 923. The number of benzene rings is 1. The molecule has 2 heterocycles. The Morgan fingerprint density at radius 2 is 2.28 bits per heavy atom. The number of fused-ring (bicyclic) bond motifs is 1. The second-order valence-corrected chi connectivity index (χ2v) is 7.87. The summed E-state index contributed by atoms with van der Waals surface area (Å²) in [5.74, 6) is -1.31. The lowest BCUT2D eigenvalue weighted by Gasteiger charge is -2.27. The average Bonchev–Trinajstić information content (AvgIpc) is 3.33. The molecule has 4 rings (SSSR count). The molecule has 0 bridgehead atoms. The highest BCUT2D eigenvalue weighted by molar-refractivity contribution is 7.15. The van der Waals surface area contributed by atoms with Crippen molar-refractivity contribution in [2.75, 3.05) is 0 Å². The van der Waals surface area contributed by atoms with Gasteiger partial charge in [0, 0.05) is 28.6 Å². The zero-order chi connectivity index (χ0) is 17.4. The van der Waals surface area contributed by atoms with E-state index >= 15 is 0 Å². The predicted octanol–water partition coefficient (Wildman–Crippen LogP) is 4.03. The van der Waals surface area contributed by atoms with Gasteiger partial charge in [-0.15, -0.1) is 11.3 Å². The van der Waals surface area contributed by atoms with Gasteiger partial charge < -0.3 is 5.11 Å². The number of aromatic nitrogens is 1. The van der Waals surface area contributed by atoms with Gasteiger partial charge in [0.1, 0.15) is 16.4 Å². The summed E-state index contributed by atoms with van der Waals surface area (Å²) in [6.07, 6.45) is 2.53. The molecule has 25 heavy (non-hydrogen) atoms. The Morgan fingerprint density at radius 1 is 1.40 bits per heavy atom. The molecule has 1 aromatic carbocycles. The minimum atomic E-state index is -1.25. The number of carbonyl (C=O) groups is 1. The van der Waals surface area contributed by atoms with E-state index in [1.807, 2.05) is 16.8 Å². The molecule has 1 aliphatic carbocycles. The van der Waals surface area contributed by atoms with Gasteiger partial charge >= 0.3 is 5.97 Å². The fraction of sp³-hybridized carbons (Fsp3) is 0.222. The van der Waals surface area contributed by atoms with Crippen molar-refractivity contribution < 1.29 is 14.3 Å². The Labute approximate surface area is 152 Å². The summed E-state index contributed by atoms with van der Waals surface area (Å²) in [6.45, 7) is 0.379. The summed E-state index contributed by atoms with van der Waals surface area (Å²) >= 11 is 3.15. The number of aliphatic carboxylic acids is 1. The molecule has 2 aromatic heterocycles. The fourth-order valence-corrected chi connectivity index (χ4v) is 4.85. The lowest BCUT2D eigenvalue weighted by Crippen LogP contribution is -2.47. The van der Waals surface area contributed by atoms with E-state index in [-0.39, 0.29) is 5.82 Å². The molecule has 0 saturated carbocycles. The van der Waals surface area contributed by atoms with Crippen molar-refractivity contribution in [1.82, 2.24) is 10.3 Å². The third-order valence-corrected chi connectivity index (χ3v) is 6.31. The topological polar surface area (TPSA) is 62.2 Å². The highest BCUT2D eigenvalue weighted by Gasteiger charge is 2.46. The first-order chi connectivity index (χ1) is 12.1. The van der Waals surface area contributed by atoms with Crippen LogP contribution in [0.5, 0.6) is 0 Å². The molecule has 1 atom stereocenters. The number of halogens is 1.